The highest BCUT2D eigenvalue weighted by Crippen LogP contribution is 2.24. The van der Waals surface area contributed by atoms with Crippen LogP contribution in [0.15, 0.2) is 59.6 Å². The van der Waals surface area contributed by atoms with Crippen molar-refractivity contribution < 1.29 is 9.53 Å². The maximum Gasteiger partial charge on any atom is 0.255 e. The number of nitrogens with one attached hydrogen (secondary N) is 1. The number of rotatable bonds is 7. The van der Waals surface area contributed by atoms with Crippen molar-refractivity contribution in [2.75, 3.05) is 38.2 Å². The Balaban J connectivity index is 1.39. The second-order valence-electron chi connectivity index (χ2n) is 7.88. The van der Waals surface area contributed by atoms with Crippen LogP contribution >= 0.6 is 11.8 Å². The van der Waals surface area contributed by atoms with Gasteiger partial charge in [-0.05, 0) is 48.5 Å². The Labute approximate surface area is 182 Å². The summed E-state index contributed by atoms with van der Waals surface area (Å²) in [5, 5.41) is 4.69. The van der Waals surface area contributed by atoms with Crippen molar-refractivity contribution >= 4 is 34.3 Å². The fourth-order valence-corrected chi connectivity index (χ4v) is 4.54. The number of nitrogens with zero attached hydrogens (tertiary/aromatic N) is 2. The summed E-state index contributed by atoms with van der Waals surface area (Å²) in [5.74, 6) is -0.0813. The van der Waals surface area contributed by atoms with Crippen molar-refractivity contribution in [2.24, 2.45) is 0 Å². The molecule has 6 heteroatoms. The lowest BCUT2D eigenvalue weighted by Gasteiger charge is -2.26. The van der Waals surface area contributed by atoms with E-state index in [1.54, 1.807) is 11.8 Å². The minimum atomic E-state index is -0.0813. The molecule has 0 saturated carbocycles. The average Bonchev–Trinajstić information content (AvgIpc) is 3.15. The van der Waals surface area contributed by atoms with Gasteiger partial charge in [0.15, 0.2) is 0 Å². The van der Waals surface area contributed by atoms with Crippen LogP contribution in [0.25, 0.3) is 10.9 Å². The van der Waals surface area contributed by atoms with E-state index in [0.717, 1.165) is 50.5 Å². The van der Waals surface area contributed by atoms with Crippen molar-refractivity contribution in [3.05, 3.63) is 60.3 Å². The number of hydrogen-bond donors (Lipinski definition) is 1. The molecule has 1 aromatic heterocycles. The Hall–Kier alpha value is -2.28. The molecule has 1 aliphatic heterocycles. The number of hydrogen-bond acceptors (Lipinski definition) is 4. The first kappa shape index (κ1) is 21.0. The van der Waals surface area contributed by atoms with Gasteiger partial charge in [-0.25, -0.2) is 0 Å². The molecule has 1 aliphatic rings. The molecule has 4 rings (SSSR count). The summed E-state index contributed by atoms with van der Waals surface area (Å²) in [6, 6.07) is 16.0. The van der Waals surface area contributed by atoms with E-state index in [0.29, 0.717) is 10.8 Å². The minimum Gasteiger partial charge on any atom is -0.379 e. The summed E-state index contributed by atoms with van der Waals surface area (Å²) in [6.07, 6.45) is 2.13. The molecule has 1 amide bonds. The molecule has 0 aliphatic carbocycles. The summed E-state index contributed by atoms with van der Waals surface area (Å²) >= 11 is 1.80. The summed E-state index contributed by atoms with van der Waals surface area (Å²) < 4.78 is 7.70. The first-order valence-electron chi connectivity index (χ1n) is 10.6. The van der Waals surface area contributed by atoms with E-state index in [-0.39, 0.29) is 5.91 Å². The summed E-state index contributed by atoms with van der Waals surface area (Å²) in [5.41, 5.74) is 2.68. The number of thioether (sulfide) groups is 1. The third-order valence-corrected chi connectivity index (χ3v) is 6.29. The third kappa shape index (κ3) is 5.25. The summed E-state index contributed by atoms with van der Waals surface area (Å²) in [4.78, 5) is 16.2. The van der Waals surface area contributed by atoms with Crippen molar-refractivity contribution in [2.45, 2.75) is 30.5 Å². The summed E-state index contributed by atoms with van der Waals surface area (Å²) in [6.45, 7) is 9.98. The zero-order valence-corrected chi connectivity index (χ0v) is 18.5. The Kier molecular flexibility index (Phi) is 6.77. The van der Waals surface area contributed by atoms with Crippen LogP contribution in [0, 0.1) is 0 Å². The second-order valence-corrected chi connectivity index (χ2v) is 9.53. The largest absolute Gasteiger partial charge is 0.379 e. The first-order chi connectivity index (χ1) is 14.6. The predicted octanol–water partition coefficient (Wildman–Crippen LogP) is 4.73. The van der Waals surface area contributed by atoms with Crippen LogP contribution < -0.4 is 5.32 Å². The Morgan fingerprint density at radius 3 is 2.57 bits per heavy atom. The van der Waals surface area contributed by atoms with Gasteiger partial charge in [-0.2, -0.15) is 0 Å². The van der Waals surface area contributed by atoms with E-state index in [1.165, 1.54) is 10.4 Å². The minimum absolute atomic E-state index is 0.0813. The van der Waals surface area contributed by atoms with E-state index in [2.05, 4.69) is 47.0 Å². The van der Waals surface area contributed by atoms with E-state index >= 15 is 0 Å². The number of anilines is 1. The van der Waals surface area contributed by atoms with Crippen molar-refractivity contribution in [3.8, 4) is 0 Å². The molecule has 3 aromatic rings. The smallest absolute Gasteiger partial charge is 0.255 e. The molecule has 1 fully saturated rings. The second kappa shape index (κ2) is 9.69. The van der Waals surface area contributed by atoms with Gasteiger partial charge in [0.05, 0.1) is 13.2 Å². The number of benzene rings is 2. The number of ether oxygens (including phenoxy) is 1. The fraction of sp³-hybridized carbons (Fsp3) is 0.375. The first-order valence-corrected chi connectivity index (χ1v) is 11.4. The van der Waals surface area contributed by atoms with Gasteiger partial charge in [0.25, 0.3) is 5.91 Å². The lowest BCUT2D eigenvalue weighted by molar-refractivity contribution is 0.0365. The van der Waals surface area contributed by atoms with Crippen LogP contribution in [0.1, 0.15) is 24.2 Å². The SMILES string of the molecule is CC(C)Sc1ccc(C(=O)Nc2ccc3c(ccn3CCN3CCOCC3)c2)cc1. The molecule has 158 valence electrons. The van der Waals surface area contributed by atoms with E-state index in [9.17, 15) is 4.79 Å². The fourth-order valence-electron chi connectivity index (χ4n) is 3.71. The van der Waals surface area contributed by atoms with Crippen molar-refractivity contribution in [1.29, 1.82) is 0 Å². The lowest BCUT2D eigenvalue weighted by atomic mass is 10.2. The van der Waals surface area contributed by atoms with Crippen LogP contribution in [0.5, 0.6) is 0 Å². The zero-order chi connectivity index (χ0) is 20.9. The van der Waals surface area contributed by atoms with Crippen LogP contribution in [0.3, 0.4) is 0 Å². The van der Waals surface area contributed by atoms with Crippen LogP contribution in [0.2, 0.25) is 0 Å². The summed E-state index contributed by atoms with van der Waals surface area (Å²) in [7, 11) is 0. The van der Waals surface area contributed by atoms with Gasteiger partial charge in [0.1, 0.15) is 0 Å². The predicted molar refractivity (Wildman–Crippen MR) is 125 cm³/mol. The van der Waals surface area contributed by atoms with Gasteiger partial charge in [-0.3, -0.25) is 9.69 Å². The molecular formula is C24H29N3O2S. The van der Waals surface area contributed by atoms with Crippen molar-refractivity contribution in [1.82, 2.24) is 9.47 Å². The highest BCUT2D eigenvalue weighted by molar-refractivity contribution is 7.99. The maximum absolute atomic E-state index is 12.6. The lowest BCUT2D eigenvalue weighted by Crippen LogP contribution is -2.38. The van der Waals surface area contributed by atoms with Gasteiger partial charge in [-0.1, -0.05) is 13.8 Å². The molecular weight excluding hydrogens is 394 g/mol. The van der Waals surface area contributed by atoms with Gasteiger partial charge < -0.3 is 14.6 Å². The van der Waals surface area contributed by atoms with E-state index < -0.39 is 0 Å². The highest BCUT2D eigenvalue weighted by atomic mass is 32.2. The molecule has 30 heavy (non-hydrogen) atoms. The Morgan fingerprint density at radius 1 is 1.07 bits per heavy atom. The number of carbonyl (C=O) groups excluding carboxylic acids is 1. The maximum atomic E-state index is 12.6. The van der Waals surface area contributed by atoms with Gasteiger partial charge in [-0.15, -0.1) is 11.8 Å². The average molecular weight is 424 g/mol. The Morgan fingerprint density at radius 2 is 1.83 bits per heavy atom. The number of morpholine rings is 1. The molecule has 0 spiro atoms. The van der Waals surface area contributed by atoms with Gasteiger partial charge in [0, 0.05) is 64.7 Å². The Bertz CT molecular complexity index is 991. The molecule has 2 aromatic carbocycles. The number of aromatic nitrogens is 1. The van der Waals surface area contributed by atoms with Gasteiger partial charge in [0.2, 0.25) is 0 Å². The molecule has 0 atom stereocenters. The quantitative estimate of drug-likeness (QED) is 0.558. The molecule has 1 N–H and O–H groups in total. The molecule has 1 saturated heterocycles. The molecule has 0 radical (unpaired) electrons. The molecule has 2 heterocycles. The van der Waals surface area contributed by atoms with Gasteiger partial charge >= 0.3 is 0 Å². The van der Waals surface area contributed by atoms with Crippen LogP contribution in [0.4, 0.5) is 5.69 Å². The number of carbonyl (C=O) groups is 1. The standard InChI is InChI=1S/C24H29N3O2S/c1-18(2)30-22-6-3-19(4-7-22)24(28)25-21-5-8-23-20(17-21)9-10-27(23)12-11-26-13-15-29-16-14-26/h3-10,17-18H,11-16H2,1-2H3,(H,25,28). The molecule has 0 unspecified atom stereocenters. The molecule has 5 nitrogen and oxygen atoms in total. The molecule has 0 bridgehead atoms. The van der Waals surface area contributed by atoms with Crippen LogP contribution in [-0.4, -0.2) is 53.5 Å². The topological polar surface area (TPSA) is 46.5 Å². The van der Waals surface area contributed by atoms with Crippen LogP contribution in [-0.2, 0) is 11.3 Å². The van der Waals surface area contributed by atoms with E-state index in [4.69, 9.17) is 4.74 Å². The highest BCUT2D eigenvalue weighted by Gasteiger charge is 2.11. The monoisotopic (exact) mass is 423 g/mol. The zero-order valence-electron chi connectivity index (χ0n) is 17.6. The number of amides is 1. The third-order valence-electron chi connectivity index (χ3n) is 5.28. The van der Waals surface area contributed by atoms with E-state index in [1.807, 2.05) is 36.4 Å². The normalized spacial score (nSPS) is 15.0. The number of fused-ring (bicyclic) bond motifs is 1. The van der Waals surface area contributed by atoms with Crippen molar-refractivity contribution in [3.63, 3.8) is 0 Å².